The van der Waals surface area contributed by atoms with Crippen molar-refractivity contribution in [3.8, 4) is 0 Å². The van der Waals surface area contributed by atoms with Crippen LogP contribution in [0.4, 0.5) is 4.79 Å². The van der Waals surface area contributed by atoms with Crippen LogP contribution in [0.2, 0.25) is 0 Å². The van der Waals surface area contributed by atoms with Gasteiger partial charge in [-0.05, 0) is 31.1 Å². The molecule has 0 aromatic carbocycles. The molecule has 2 saturated carbocycles. The number of amides is 1. The Morgan fingerprint density at radius 1 is 1.46 bits per heavy atom. The fourth-order valence-electron chi connectivity index (χ4n) is 2.61. The number of alkyl carbamates (subject to hydrolysis) is 1. The summed E-state index contributed by atoms with van der Waals surface area (Å²) in [6.07, 6.45) is 3.23. The normalized spacial score (nSPS) is 42.0. The summed E-state index contributed by atoms with van der Waals surface area (Å²) < 4.78 is 4.56. The van der Waals surface area contributed by atoms with Crippen molar-refractivity contribution in [1.82, 2.24) is 5.32 Å². The van der Waals surface area contributed by atoms with Crippen LogP contribution >= 0.6 is 11.6 Å². The molecule has 2 aliphatic carbocycles. The highest BCUT2D eigenvalue weighted by Crippen LogP contribution is 2.47. The van der Waals surface area contributed by atoms with E-state index in [9.17, 15) is 4.79 Å². The highest BCUT2D eigenvalue weighted by atomic mass is 35.5. The zero-order chi connectivity index (χ0) is 9.42. The first kappa shape index (κ1) is 9.13. The van der Waals surface area contributed by atoms with Crippen LogP contribution in [-0.4, -0.2) is 24.6 Å². The molecule has 0 aromatic rings. The van der Waals surface area contributed by atoms with Gasteiger partial charge in [-0.15, -0.1) is 11.6 Å². The van der Waals surface area contributed by atoms with Crippen molar-refractivity contribution in [3.05, 3.63) is 0 Å². The second-order valence-electron chi connectivity index (χ2n) is 3.94. The van der Waals surface area contributed by atoms with E-state index >= 15 is 0 Å². The second kappa shape index (κ2) is 3.37. The van der Waals surface area contributed by atoms with Crippen LogP contribution in [0.5, 0.6) is 0 Å². The van der Waals surface area contributed by atoms with Gasteiger partial charge >= 0.3 is 6.09 Å². The summed E-state index contributed by atoms with van der Waals surface area (Å²) >= 11 is 6.21. The maximum atomic E-state index is 11.0. The van der Waals surface area contributed by atoms with Gasteiger partial charge < -0.3 is 10.1 Å². The molecule has 4 atom stereocenters. The van der Waals surface area contributed by atoms with Gasteiger partial charge in [-0.3, -0.25) is 0 Å². The number of alkyl halides is 1. The molecular weight excluding hydrogens is 190 g/mol. The standard InChI is InChI=1S/C9H14ClNO2/c1-13-9(12)11-8-6-3-2-5(4-6)7(8)10/h5-8H,2-4H2,1H3,(H,11,12). The Balaban J connectivity index is 1.96. The average molecular weight is 204 g/mol. The highest BCUT2D eigenvalue weighted by molar-refractivity contribution is 6.21. The van der Waals surface area contributed by atoms with Crippen LogP contribution in [0.25, 0.3) is 0 Å². The number of hydrogen-bond donors (Lipinski definition) is 1. The maximum absolute atomic E-state index is 11.0. The highest BCUT2D eigenvalue weighted by Gasteiger charge is 2.47. The molecule has 2 bridgehead atoms. The number of halogens is 1. The van der Waals surface area contributed by atoms with E-state index in [4.69, 9.17) is 11.6 Å². The summed E-state index contributed by atoms with van der Waals surface area (Å²) in [5, 5.41) is 2.93. The Morgan fingerprint density at radius 3 is 2.69 bits per heavy atom. The molecule has 2 fully saturated rings. The van der Waals surface area contributed by atoms with E-state index in [0.717, 1.165) is 0 Å². The topological polar surface area (TPSA) is 38.3 Å². The van der Waals surface area contributed by atoms with Crippen LogP contribution in [0.15, 0.2) is 0 Å². The summed E-state index contributed by atoms with van der Waals surface area (Å²) in [6, 6.07) is 0.132. The molecule has 13 heavy (non-hydrogen) atoms. The van der Waals surface area contributed by atoms with Gasteiger partial charge in [0.2, 0.25) is 0 Å². The molecule has 2 aliphatic rings. The van der Waals surface area contributed by atoms with Crippen LogP contribution in [0.1, 0.15) is 19.3 Å². The van der Waals surface area contributed by atoms with Gasteiger partial charge in [0.1, 0.15) is 0 Å². The number of hydrogen-bond acceptors (Lipinski definition) is 2. The molecule has 3 nitrogen and oxygen atoms in total. The van der Waals surface area contributed by atoms with E-state index < -0.39 is 0 Å². The van der Waals surface area contributed by atoms with Crippen LogP contribution in [0.3, 0.4) is 0 Å². The molecule has 0 aromatic heterocycles. The van der Waals surface area contributed by atoms with Crippen LogP contribution in [0, 0.1) is 11.8 Å². The molecule has 2 rings (SSSR count). The second-order valence-corrected chi connectivity index (χ2v) is 4.44. The zero-order valence-electron chi connectivity index (χ0n) is 7.63. The molecule has 0 radical (unpaired) electrons. The lowest BCUT2D eigenvalue weighted by molar-refractivity contribution is 0.162. The van der Waals surface area contributed by atoms with Crippen molar-refractivity contribution >= 4 is 17.7 Å². The first-order valence-electron chi connectivity index (χ1n) is 4.71. The van der Waals surface area contributed by atoms with Crippen molar-refractivity contribution < 1.29 is 9.53 Å². The molecule has 0 spiro atoms. The molecule has 0 aliphatic heterocycles. The Hall–Kier alpha value is -0.440. The number of fused-ring (bicyclic) bond motifs is 2. The maximum Gasteiger partial charge on any atom is 0.407 e. The fourth-order valence-corrected chi connectivity index (χ4v) is 3.11. The predicted molar refractivity (Wildman–Crippen MR) is 49.8 cm³/mol. The number of nitrogens with one attached hydrogen (secondary N) is 1. The number of carbonyl (C=O) groups excluding carboxylic acids is 1. The first-order valence-corrected chi connectivity index (χ1v) is 5.14. The molecule has 0 saturated heterocycles. The van der Waals surface area contributed by atoms with Gasteiger partial charge in [0.05, 0.1) is 18.5 Å². The van der Waals surface area contributed by atoms with Gasteiger partial charge in [-0.2, -0.15) is 0 Å². The molecule has 4 unspecified atom stereocenters. The van der Waals surface area contributed by atoms with Gasteiger partial charge in [-0.1, -0.05) is 0 Å². The third-order valence-corrected chi connectivity index (χ3v) is 3.91. The monoisotopic (exact) mass is 203 g/mol. The number of methoxy groups -OCH3 is 1. The quantitative estimate of drug-likeness (QED) is 0.660. The number of ether oxygens (including phenoxy) is 1. The molecule has 0 heterocycles. The van der Waals surface area contributed by atoms with E-state index in [1.54, 1.807) is 0 Å². The minimum Gasteiger partial charge on any atom is -0.453 e. The van der Waals surface area contributed by atoms with Crippen molar-refractivity contribution in [2.24, 2.45) is 11.8 Å². The van der Waals surface area contributed by atoms with Gasteiger partial charge in [0, 0.05) is 0 Å². The van der Waals surface area contributed by atoms with Crippen molar-refractivity contribution in [2.45, 2.75) is 30.7 Å². The lowest BCUT2D eigenvalue weighted by atomic mass is 9.95. The minimum absolute atomic E-state index is 0.109. The lowest BCUT2D eigenvalue weighted by Gasteiger charge is -2.26. The number of carbonyl (C=O) groups is 1. The lowest BCUT2D eigenvalue weighted by Crippen LogP contribution is -2.44. The van der Waals surface area contributed by atoms with Crippen LogP contribution in [-0.2, 0) is 4.74 Å². The molecule has 1 N–H and O–H groups in total. The van der Waals surface area contributed by atoms with E-state index in [0.29, 0.717) is 11.8 Å². The summed E-state index contributed by atoms with van der Waals surface area (Å²) in [5.41, 5.74) is 0. The smallest absolute Gasteiger partial charge is 0.407 e. The summed E-state index contributed by atoms with van der Waals surface area (Å²) in [6.45, 7) is 0. The Kier molecular flexibility index (Phi) is 2.37. The third-order valence-electron chi connectivity index (χ3n) is 3.28. The van der Waals surface area contributed by atoms with Gasteiger partial charge in [0.25, 0.3) is 0 Å². The minimum atomic E-state index is -0.358. The van der Waals surface area contributed by atoms with Crippen molar-refractivity contribution in [3.63, 3.8) is 0 Å². The third kappa shape index (κ3) is 1.50. The number of rotatable bonds is 1. The summed E-state index contributed by atoms with van der Waals surface area (Å²) in [5.74, 6) is 1.18. The van der Waals surface area contributed by atoms with Gasteiger partial charge in [-0.25, -0.2) is 4.79 Å². The average Bonchev–Trinajstić information content (AvgIpc) is 2.69. The Labute approximate surface area is 82.8 Å². The summed E-state index contributed by atoms with van der Waals surface area (Å²) in [4.78, 5) is 11.0. The van der Waals surface area contributed by atoms with Crippen molar-refractivity contribution in [1.29, 1.82) is 0 Å². The zero-order valence-corrected chi connectivity index (χ0v) is 8.38. The Bertz CT molecular complexity index is 220. The van der Waals surface area contributed by atoms with Crippen LogP contribution < -0.4 is 5.32 Å². The van der Waals surface area contributed by atoms with E-state index in [2.05, 4.69) is 10.1 Å². The largest absolute Gasteiger partial charge is 0.453 e. The predicted octanol–water partition coefficient (Wildman–Crippen LogP) is 1.75. The van der Waals surface area contributed by atoms with E-state index in [1.807, 2.05) is 0 Å². The summed E-state index contributed by atoms with van der Waals surface area (Å²) in [7, 11) is 1.38. The van der Waals surface area contributed by atoms with E-state index in [1.165, 1.54) is 26.4 Å². The molecule has 1 amide bonds. The molecule has 74 valence electrons. The SMILES string of the molecule is COC(=O)NC1C2CCC(C2)C1Cl. The molecule has 4 heteroatoms. The fraction of sp³-hybridized carbons (Fsp3) is 0.889. The molecular formula is C9H14ClNO2. The Morgan fingerprint density at radius 2 is 2.15 bits per heavy atom. The van der Waals surface area contributed by atoms with Crippen molar-refractivity contribution in [2.75, 3.05) is 7.11 Å². The van der Waals surface area contributed by atoms with E-state index in [-0.39, 0.29) is 17.5 Å². The van der Waals surface area contributed by atoms with Gasteiger partial charge in [0.15, 0.2) is 0 Å². The first-order chi connectivity index (χ1) is 6.22.